The van der Waals surface area contributed by atoms with E-state index < -0.39 is 0 Å². The molecule has 1 N–H and O–H groups in total. The Bertz CT molecular complexity index is 527. The number of aliphatic hydroxyl groups is 1. The first kappa shape index (κ1) is 13.3. The normalized spacial score (nSPS) is 10.6. The molecule has 1 aromatic heterocycles. The van der Waals surface area contributed by atoms with Crippen molar-refractivity contribution >= 4 is 22.9 Å². The highest BCUT2D eigenvalue weighted by molar-refractivity contribution is 7.11. The van der Waals surface area contributed by atoms with Crippen LogP contribution in [0.3, 0.4) is 0 Å². The van der Waals surface area contributed by atoms with Crippen LogP contribution in [0, 0.1) is 6.92 Å². The molecule has 0 spiro atoms. The lowest BCUT2D eigenvalue weighted by atomic mass is 10.2. The van der Waals surface area contributed by atoms with Gasteiger partial charge >= 0.3 is 0 Å². The molecule has 0 saturated carbocycles. The van der Waals surface area contributed by atoms with Gasteiger partial charge in [-0.05, 0) is 30.7 Å². The summed E-state index contributed by atoms with van der Waals surface area (Å²) in [5.41, 5.74) is 1.03. The van der Waals surface area contributed by atoms with Crippen molar-refractivity contribution in [2.75, 3.05) is 6.61 Å². The number of hydrogen-bond donors (Lipinski definition) is 1. The Labute approximate surface area is 115 Å². The van der Waals surface area contributed by atoms with Crippen LogP contribution in [0.4, 0.5) is 0 Å². The van der Waals surface area contributed by atoms with Crippen molar-refractivity contribution in [1.82, 2.24) is 4.98 Å². The zero-order chi connectivity index (χ0) is 13.0. The average Bonchev–Trinajstić information content (AvgIpc) is 2.80. The maximum Gasteiger partial charge on any atom is 0.122 e. The lowest BCUT2D eigenvalue weighted by Crippen LogP contribution is -2.02. The molecule has 0 amide bonds. The first-order valence-electron chi connectivity index (χ1n) is 5.62. The van der Waals surface area contributed by atoms with Crippen LogP contribution in [0.15, 0.2) is 24.4 Å². The summed E-state index contributed by atoms with van der Waals surface area (Å²) >= 11 is 7.39. The predicted octanol–water partition coefficient (Wildman–Crippen LogP) is 3.22. The Hall–Kier alpha value is -1.10. The second-order valence-electron chi connectivity index (χ2n) is 3.89. The van der Waals surface area contributed by atoms with Crippen LogP contribution in [0.25, 0.3) is 0 Å². The summed E-state index contributed by atoms with van der Waals surface area (Å²) in [7, 11) is 0. The van der Waals surface area contributed by atoms with Crippen LogP contribution in [0.5, 0.6) is 5.75 Å². The summed E-state index contributed by atoms with van der Waals surface area (Å²) in [5, 5.41) is 10.6. The molecule has 0 aliphatic rings. The van der Waals surface area contributed by atoms with Gasteiger partial charge in [-0.15, -0.1) is 11.3 Å². The standard InChI is InChI=1S/C13H14ClNO2S/c1-9-6-10(14)2-3-12(9)17-5-4-13-15-7-11(8-16)18-13/h2-3,6-7,16H,4-5,8H2,1H3. The lowest BCUT2D eigenvalue weighted by molar-refractivity contribution is 0.285. The van der Waals surface area contributed by atoms with Gasteiger partial charge in [0.25, 0.3) is 0 Å². The third-order valence-corrected chi connectivity index (χ3v) is 3.74. The number of nitrogens with zero attached hydrogens (tertiary/aromatic N) is 1. The highest BCUT2D eigenvalue weighted by Gasteiger charge is 2.03. The first-order chi connectivity index (χ1) is 8.69. The smallest absolute Gasteiger partial charge is 0.122 e. The van der Waals surface area contributed by atoms with Gasteiger partial charge in [-0.25, -0.2) is 4.98 Å². The van der Waals surface area contributed by atoms with Crippen LogP contribution >= 0.6 is 22.9 Å². The Morgan fingerprint density at radius 1 is 1.44 bits per heavy atom. The first-order valence-corrected chi connectivity index (χ1v) is 6.82. The van der Waals surface area contributed by atoms with Crippen LogP contribution in [0.2, 0.25) is 5.02 Å². The summed E-state index contributed by atoms with van der Waals surface area (Å²) in [6, 6.07) is 5.57. The van der Waals surface area contributed by atoms with Gasteiger partial charge in [-0.1, -0.05) is 11.6 Å². The molecule has 0 atom stereocenters. The molecule has 96 valence electrons. The molecule has 2 aromatic rings. The molecule has 0 aliphatic carbocycles. The average molecular weight is 284 g/mol. The molecule has 18 heavy (non-hydrogen) atoms. The number of aryl methyl sites for hydroxylation is 1. The van der Waals surface area contributed by atoms with Crippen molar-refractivity contribution in [3.05, 3.63) is 44.9 Å². The van der Waals surface area contributed by atoms with E-state index in [1.807, 2.05) is 25.1 Å². The SMILES string of the molecule is Cc1cc(Cl)ccc1OCCc1ncc(CO)s1. The Kier molecular flexibility index (Phi) is 4.58. The van der Waals surface area contributed by atoms with Gasteiger partial charge in [-0.2, -0.15) is 0 Å². The van der Waals surface area contributed by atoms with Crippen LogP contribution in [-0.4, -0.2) is 16.7 Å². The quantitative estimate of drug-likeness (QED) is 0.916. The maximum absolute atomic E-state index is 8.94. The number of rotatable bonds is 5. The highest BCUT2D eigenvalue weighted by Crippen LogP contribution is 2.22. The molecule has 0 radical (unpaired) electrons. The van der Waals surface area contributed by atoms with E-state index in [1.165, 1.54) is 11.3 Å². The fourth-order valence-corrected chi connectivity index (χ4v) is 2.55. The molecular formula is C13H14ClNO2S. The molecule has 1 aromatic carbocycles. The van der Waals surface area contributed by atoms with Crippen molar-refractivity contribution < 1.29 is 9.84 Å². The second kappa shape index (κ2) is 6.18. The molecule has 3 nitrogen and oxygen atoms in total. The van der Waals surface area contributed by atoms with Crippen molar-refractivity contribution in [2.24, 2.45) is 0 Å². The number of thiazole rings is 1. The zero-order valence-corrected chi connectivity index (χ0v) is 11.6. The molecule has 5 heteroatoms. The van der Waals surface area contributed by atoms with Crippen LogP contribution < -0.4 is 4.74 Å². The van der Waals surface area contributed by atoms with Gasteiger partial charge in [0, 0.05) is 17.6 Å². The number of halogens is 1. The third-order valence-electron chi connectivity index (χ3n) is 2.47. The van der Waals surface area contributed by atoms with E-state index in [0.717, 1.165) is 27.6 Å². The second-order valence-corrected chi connectivity index (χ2v) is 5.52. The fourth-order valence-electron chi connectivity index (χ4n) is 1.56. The Morgan fingerprint density at radius 3 is 2.94 bits per heavy atom. The zero-order valence-electron chi connectivity index (χ0n) is 10.0. The van der Waals surface area contributed by atoms with Gasteiger partial charge in [0.05, 0.1) is 23.1 Å². The molecular weight excluding hydrogens is 270 g/mol. The van der Waals surface area contributed by atoms with Gasteiger partial charge in [0.15, 0.2) is 0 Å². The summed E-state index contributed by atoms with van der Waals surface area (Å²) < 4.78 is 5.68. The number of ether oxygens (including phenoxy) is 1. The van der Waals surface area contributed by atoms with E-state index >= 15 is 0 Å². The molecule has 0 bridgehead atoms. The van der Waals surface area contributed by atoms with Gasteiger partial charge in [-0.3, -0.25) is 0 Å². The minimum atomic E-state index is 0.0504. The summed E-state index contributed by atoms with van der Waals surface area (Å²) in [6.45, 7) is 2.59. The van der Waals surface area contributed by atoms with Crippen LogP contribution in [-0.2, 0) is 13.0 Å². The van der Waals surface area contributed by atoms with Crippen molar-refractivity contribution in [3.8, 4) is 5.75 Å². The van der Waals surface area contributed by atoms with E-state index in [4.69, 9.17) is 21.4 Å². The number of hydrogen-bond acceptors (Lipinski definition) is 4. The molecule has 0 unspecified atom stereocenters. The van der Waals surface area contributed by atoms with Crippen molar-refractivity contribution in [3.63, 3.8) is 0 Å². The van der Waals surface area contributed by atoms with Gasteiger partial charge in [0.1, 0.15) is 5.75 Å². The van der Waals surface area contributed by atoms with E-state index in [-0.39, 0.29) is 6.61 Å². The number of benzene rings is 1. The Morgan fingerprint density at radius 2 is 2.28 bits per heavy atom. The minimum absolute atomic E-state index is 0.0504. The number of aliphatic hydroxyl groups excluding tert-OH is 1. The number of aromatic nitrogens is 1. The predicted molar refractivity (Wildman–Crippen MR) is 73.4 cm³/mol. The summed E-state index contributed by atoms with van der Waals surface area (Å²) in [6.07, 6.45) is 2.44. The summed E-state index contributed by atoms with van der Waals surface area (Å²) in [5.74, 6) is 0.846. The van der Waals surface area contributed by atoms with Gasteiger partial charge < -0.3 is 9.84 Å². The van der Waals surface area contributed by atoms with Crippen LogP contribution in [0.1, 0.15) is 15.4 Å². The van der Waals surface area contributed by atoms with E-state index in [1.54, 1.807) is 6.20 Å². The summed E-state index contributed by atoms with van der Waals surface area (Å²) in [4.78, 5) is 5.09. The fraction of sp³-hybridized carbons (Fsp3) is 0.308. The van der Waals surface area contributed by atoms with Crippen molar-refractivity contribution in [2.45, 2.75) is 20.0 Å². The van der Waals surface area contributed by atoms with Gasteiger partial charge in [0.2, 0.25) is 0 Å². The third kappa shape index (κ3) is 3.45. The molecule has 0 fully saturated rings. The monoisotopic (exact) mass is 283 g/mol. The van der Waals surface area contributed by atoms with E-state index in [2.05, 4.69) is 4.98 Å². The maximum atomic E-state index is 8.94. The largest absolute Gasteiger partial charge is 0.493 e. The topological polar surface area (TPSA) is 42.4 Å². The van der Waals surface area contributed by atoms with Crippen molar-refractivity contribution in [1.29, 1.82) is 0 Å². The molecule has 0 saturated heterocycles. The highest BCUT2D eigenvalue weighted by atomic mass is 35.5. The lowest BCUT2D eigenvalue weighted by Gasteiger charge is -2.08. The van der Waals surface area contributed by atoms with E-state index in [0.29, 0.717) is 11.6 Å². The molecule has 0 aliphatic heterocycles. The van der Waals surface area contributed by atoms with E-state index in [9.17, 15) is 0 Å². The minimum Gasteiger partial charge on any atom is -0.493 e. The molecule has 1 heterocycles. The molecule has 2 rings (SSSR count). The Balaban J connectivity index is 1.88.